The molecule has 1 N–H and O–H groups in total. The largest absolute Gasteiger partial charge is 0.471 e. The molecule has 1 rings (SSSR count). The minimum absolute atomic E-state index is 0.130. The van der Waals surface area contributed by atoms with Crippen molar-refractivity contribution in [1.29, 1.82) is 0 Å². The van der Waals surface area contributed by atoms with Crippen LogP contribution in [0.2, 0.25) is 0 Å². The van der Waals surface area contributed by atoms with Crippen LogP contribution in [0.25, 0.3) is 0 Å². The average Bonchev–Trinajstić information content (AvgIpc) is 2.32. The minimum atomic E-state index is -5.54. The summed E-state index contributed by atoms with van der Waals surface area (Å²) in [7, 11) is 1.67. The summed E-state index contributed by atoms with van der Waals surface area (Å²) in [6.07, 6.45) is -14.9. The van der Waals surface area contributed by atoms with Crippen LogP contribution in [0, 0.1) is 0 Å². The topological polar surface area (TPSA) is 21.3 Å². The predicted molar refractivity (Wildman–Crippen MR) is 68.1 cm³/mol. The van der Waals surface area contributed by atoms with Gasteiger partial charge in [0.05, 0.1) is 0 Å². The highest BCUT2D eigenvalue weighted by molar-refractivity contribution is 9.10. The third-order valence-corrected chi connectivity index (χ3v) is 3.41. The molecule has 0 spiro atoms. The summed E-state index contributed by atoms with van der Waals surface area (Å²) < 4.78 is 78.8. The van der Waals surface area contributed by atoms with E-state index in [-0.39, 0.29) is 6.04 Å². The molecule has 1 unspecified atom stereocenters. The van der Waals surface area contributed by atoms with E-state index < -0.39 is 24.2 Å². The summed E-state index contributed by atoms with van der Waals surface area (Å²) >= 11 is 3.10. The van der Waals surface area contributed by atoms with Crippen LogP contribution in [0.5, 0.6) is 5.75 Å². The molecular weight excluding hydrogens is 368 g/mol. The Morgan fingerprint density at radius 2 is 1.62 bits per heavy atom. The lowest BCUT2D eigenvalue weighted by atomic mass is 10.1. The van der Waals surface area contributed by atoms with E-state index in [1.54, 1.807) is 14.0 Å². The van der Waals surface area contributed by atoms with Gasteiger partial charge in [-0.15, -0.1) is 0 Å². The van der Waals surface area contributed by atoms with Gasteiger partial charge in [-0.1, -0.05) is 22.0 Å². The molecule has 0 fully saturated rings. The van der Waals surface area contributed by atoms with Crippen molar-refractivity contribution in [3.8, 4) is 5.75 Å². The molecule has 0 saturated carbocycles. The Balaban J connectivity index is 3.04. The van der Waals surface area contributed by atoms with E-state index in [2.05, 4.69) is 26.0 Å². The number of hydrogen-bond acceptors (Lipinski definition) is 2. The van der Waals surface area contributed by atoms with Gasteiger partial charge in [-0.05, 0) is 31.7 Å². The summed E-state index contributed by atoms with van der Waals surface area (Å²) in [5.74, 6) is -0.520. The third-order valence-electron chi connectivity index (χ3n) is 2.72. The summed E-state index contributed by atoms with van der Waals surface area (Å²) in [5.41, 5.74) is 0.681. The second-order valence-corrected chi connectivity index (χ2v) is 5.13. The number of alkyl halides is 6. The van der Waals surface area contributed by atoms with Gasteiger partial charge in [0, 0.05) is 10.5 Å². The number of hydrogen-bond donors (Lipinski definition) is 1. The zero-order valence-corrected chi connectivity index (χ0v) is 12.5. The molecule has 0 amide bonds. The molecule has 0 saturated heterocycles. The Morgan fingerprint density at radius 3 is 2.00 bits per heavy atom. The second-order valence-electron chi connectivity index (χ2n) is 4.27. The lowest BCUT2D eigenvalue weighted by Gasteiger charge is -2.24. The van der Waals surface area contributed by atoms with Gasteiger partial charge >= 0.3 is 12.4 Å². The van der Waals surface area contributed by atoms with E-state index >= 15 is 0 Å². The molecular formula is C12H12BrF6NO. The molecule has 0 radical (unpaired) electrons. The van der Waals surface area contributed by atoms with E-state index in [1.165, 1.54) is 6.07 Å². The van der Waals surface area contributed by atoms with E-state index in [4.69, 9.17) is 0 Å². The summed E-state index contributed by atoms with van der Waals surface area (Å²) in [5, 5.41) is 2.90. The van der Waals surface area contributed by atoms with Gasteiger partial charge in [0.15, 0.2) is 0 Å². The summed E-state index contributed by atoms with van der Waals surface area (Å²) in [4.78, 5) is 0. The van der Waals surface area contributed by atoms with E-state index in [0.29, 0.717) is 10.0 Å². The van der Waals surface area contributed by atoms with Gasteiger partial charge in [-0.25, -0.2) is 0 Å². The minimum Gasteiger partial charge on any atom is -0.471 e. The summed E-state index contributed by atoms with van der Waals surface area (Å²) in [6, 6.07) is 3.41. The van der Waals surface area contributed by atoms with Gasteiger partial charge in [0.1, 0.15) is 5.75 Å². The van der Waals surface area contributed by atoms with Crippen molar-refractivity contribution in [2.45, 2.75) is 31.4 Å². The smallest absolute Gasteiger partial charge is 0.434 e. The monoisotopic (exact) mass is 379 g/mol. The van der Waals surface area contributed by atoms with Crippen LogP contribution >= 0.6 is 15.9 Å². The van der Waals surface area contributed by atoms with Crippen molar-refractivity contribution in [3.05, 3.63) is 28.2 Å². The van der Waals surface area contributed by atoms with E-state index in [0.717, 1.165) is 12.1 Å². The Morgan fingerprint density at radius 1 is 1.10 bits per heavy atom. The fraction of sp³-hybridized carbons (Fsp3) is 0.500. The Labute approximate surface area is 125 Å². The van der Waals surface area contributed by atoms with E-state index in [1.807, 2.05) is 0 Å². The highest BCUT2D eigenvalue weighted by atomic mass is 79.9. The molecule has 21 heavy (non-hydrogen) atoms. The van der Waals surface area contributed by atoms with Crippen LogP contribution in [0.3, 0.4) is 0 Å². The molecule has 0 heterocycles. The number of nitrogens with one attached hydrogen (secondary N) is 1. The fourth-order valence-corrected chi connectivity index (χ4v) is 2.24. The van der Waals surface area contributed by atoms with Crippen molar-refractivity contribution in [1.82, 2.24) is 5.32 Å². The zero-order valence-electron chi connectivity index (χ0n) is 10.9. The van der Waals surface area contributed by atoms with Gasteiger partial charge < -0.3 is 10.1 Å². The summed E-state index contributed by atoms with van der Waals surface area (Å²) in [6.45, 7) is 1.79. The lowest BCUT2D eigenvalue weighted by Crippen LogP contribution is -2.46. The number of benzene rings is 1. The number of ether oxygens (including phenoxy) is 1. The average molecular weight is 380 g/mol. The normalized spacial score (nSPS) is 14.4. The first kappa shape index (κ1) is 18.1. The maximum absolute atomic E-state index is 12.4. The molecule has 1 aromatic rings. The molecule has 9 heteroatoms. The molecule has 0 aliphatic carbocycles. The second kappa shape index (κ2) is 6.43. The van der Waals surface area contributed by atoms with Crippen LogP contribution in [-0.4, -0.2) is 25.5 Å². The molecule has 0 bridgehead atoms. The first-order valence-electron chi connectivity index (χ1n) is 5.73. The fourth-order valence-electron chi connectivity index (χ4n) is 1.54. The maximum Gasteiger partial charge on any atom is 0.434 e. The predicted octanol–water partition coefficient (Wildman–Crippen LogP) is 4.60. The van der Waals surface area contributed by atoms with Crippen LogP contribution in [0.4, 0.5) is 26.3 Å². The highest BCUT2D eigenvalue weighted by Crippen LogP contribution is 2.37. The van der Waals surface area contributed by atoms with Crippen molar-refractivity contribution >= 4 is 15.9 Å². The third kappa shape index (κ3) is 4.77. The lowest BCUT2D eigenvalue weighted by molar-refractivity contribution is -0.299. The SMILES string of the molecule is CNC(C)c1ccc(OC(C(F)(F)F)C(F)(F)F)cc1Br. The van der Waals surface area contributed by atoms with Gasteiger partial charge in [-0.3, -0.25) is 0 Å². The number of rotatable bonds is 4. The van der Waals surface area contributed by atoms with Gasteiger partial charge in [0.2, 0.25) is 0 Å². The highest BCUT2D eigenvalue weighted by Gasteiger charge is 2.59. The molecule has 1 aromatic carbocycles. The quantitative estimate of drug-likeness (QED) is 0.771. The van der Waals surface area contributed by atoms with Crippen molar-refractivity contribution in [2.24, 2.45) is 0 Å². The van der Waals surface area contributed by atoms with Crippen LogP contribution in [0.1, 0.15) is 18.5 Å². The molecule has 1 atom stereocenters. The van der Waals surface area contributed by atoms with Crippen LogP contribution in [-0.2, 0) is 0 Å². The first-order chi connectivity index (χ1) is 9.46. The van der Waals surface area contributed by atoms with Crippen LogP contribution in [0.15, 0.2) is 22.7 Å². The van der Waals surface area contributed by atoms with Crippen molar-refractivity contribution in [3.63, 3.8) is 0 Å². The van der Waals surface area contributed by atoms with Crippen LogP contribution < -0.4 is 10.1 Å². The Bertz CT molecular complexity index is 474. The molecule has 0 aromatic heterocycles. The molecule has 2 nitrogen and oxygen atoms in total. The molecule has 0 aliphatic heterocycles. The Hall–Kier alpha value is -0.960. The zero-order chi connectivity index (χ0) is 16.4. The standard InChI is InChI=1S/C12H12BrF6NO/c1-6(20-2)8-4-3-7(5-9(8)13)21-10(11(14,15)16)12(17,18)19/h3-6,10,20H,1-2H3. The number of halogens is 7. The first-order valence-corrected chi connectivity index (χ1v) is 6.53. The Kier molecular flexibility index (Phi) is 5.54. The van der Waals surface area contributed by atoms with Gasteiger partial charge in [0.25, 0.3) is 6.10 Å². The van der Waals surface area contributed by atoms with E-state index in [9.17, 15) is 26.3 Å². The van der Waals surface area contributed by atoms with Crippen molar-refractivity contribution in [2.75, 3.05) is 7.05 Å². The van der Waals surface area contributed by atoms with Gasteiger partial charge in [-0.2, -0.15) is 26.3 Å². The molecule has 120 valence electrons. The van der Waals surface area contributed by atoms with Crippen molar-refractivity contribution < 1.29 is 31.1 Å². The maximum atomic E-state index is 12.4. The molecule has 0 aliphatic rings.